The van der Waals surface area contributed by atoms with Crippen molar-refractivity contribution < 1.29 is 19.1 Å². The molecule has 0 atom stereocenters. The average molecular weight is 268 g/mol. The van der Waals surface area contributed by atoms with Crippen LogP contribution in [-0.2, 0) is 14.3 Å². The van der Waals surface area contributed by atoms with E-state index in [1.165, 1.54) is 0 Å². The number of hydrogen-bond acceptors (Lipinski definition) is 4. The summed E-state index contributed by atoms with van der Waals surface area (Å²) in [4.78, 5) is 34.9. The topological polar surface area (TPSA) is 84.5 Å². The van der Waals surface area contributed by atoms with Crippen LogP contribution in [0, 0.1) is 5.92 Å². The van der Waals surface area contributed by atoms with E-state index in [0.717, 1.165) is 0 Å². The fraction of sp³-hybridized carbons (Fsp3) is 0.769. The quantitative estimate of drug-likeness (QED) is 0.551. The highest BCUT2D eigenvalue weighted by Gasteiger charge is 2.49. The van der Waals surface area contributed by atoms with E-state index >= 15 is 0 Å². The molecule has 6 heteroatoms. The van der Waals surface area contributed by atoms with Crippen molar-refractivity contribution in [1.29, 1.82) is 0 Å². The number of ether oxygens (including phenoxy) is 1. The third-order valence-corrected chi connectivity index (χ3v) is 3.59. The molecule has 2 aliphatic rings. The summed E-state index contributed by atoms with van der Waals surface area (Å²) in [7, 11) is 0. The molecular weight excluding hydrogens is 248 g/mol. The van der Waals surface area contributed by atoms with Crippen LogP contribution in [0.4, 0.5) is 4.79 Å². The van der Waals surface area contributed by atoms with E-state index in [1.54, 1.807) is 0 Å². The lowest BCUT2D eigenvalue weighted by Gasteiger charge is -2.34. The van der Waals surface area contributed by atoms with Gasteiger partial charge in [-0.3, -0.25) is 14.9 Å². The Bertz CT molecular complexity index is 417. The first-order valence-corrected chi connectivity index (χ1v) is 6.58. The number of nitrogens with one attached hydrogen (secondary N) is 2. The van der Waals surface area contributed by atoms with Crippen LogP contribution in [0.1, 0.15) is 46.5 Å². The normalized spacial score (nSPS) is 31.0. The largest absolute Gasteiger partial charge is 0.460 e. The van der Waals surface area contributed by atoms with Gasteiger partial charge in [-0.1, -0.05) is 0 Å². The lowest BCUT2D eigenvalue weighted by Crippen LogP contribution is -2.50. The van der Waals surface area contributed by atoms with Crippen LogP contribution in [-0.4, -0.2) is 29.0 Å². The average Bonchev–Trinajstić information content (AvgIpc) is 2.52. The maximum Gasteiger partial charge on any atom is 0.322 e. The molecule has 0 unspecified atom stereocenters. The van der Waals surface area contributed by atoms with Crippen molar-refractivity contribution in [2.75, 3.05) is 0 Å². The molecule has 19 heavy (non-hydrogen) atoms. The van der Waals surface area contributed by atoms with E-state index in [0.29, 0.717) is 25.7 Å². The predicted molar refractivity (Wildman–Crippen MR) is 67.2 cm³/mol. The molecule has 1 saturated heterocycles. The molecule has 1 heterocycles. The van der Waals surface area contributed by atoms with Crippen molar-refractivity contribution in [1.82, 2.24) is 10.6 Å². The number of imide groups is 1. The number of carbonyl (C=O) groups excluding carboxylic acids is 3. The van der Waals surface area contributed by atoms with Crippen molar-refractivity contribution >= 4 is 17.9 Å². The fourth-order valence-electron chi connectivity index (χ4n) is 2.61. The lowest BCUT2D eigenvalue weighted by molar-refractivity contribution is -0.162. The number of amides is 3. The summed E-state index contributed by atoms with van der Waals surface area (Å²) in [6.45, 7) is 5.50. The highest BCUT2D eigenvalue weighted by Crippen LogP contribution is 2.35. The summed E-state index contributed by atoms with van der Waals surface area (Å²) in [6.07, 6.45) is 2.08. The minimum absolute atomic E-state index is 0.185. The molecule has 2 fully saturated rings. The van der Waals surface area contributed by atoms with E-state index in [-0.39, 0.29) is 17.8 Å². The zero-order chi connectivity index (χ0) is 14.3. The Morgan fingerprint density at radius 2 is 1.84 bits per heavy atom. The molecule has 1 aliphatic carbocycles. The van der Waals surface area contributed by atoms with Gasteiger partial charge in [0.05, 0.1) is 5.92 Å². The fourth-order valence-corrected chi connectivity index (χ4v) is 2.61. The molecular formula is C13H20N2O4. The van der Waals surface area contributed by atoms with Crippen molar-refractivity contribution in [3.05, 3.63) is 0 Å². The predicted octanol–water partition coefficient (Wildman–Crippen LogP) is 1.10. The molecule has 0 aromatic carbocycles. The molecule has 3 amide bonds. The molecule has 1 saturated carbocycles. The van der Waals surface area contributed by atoms with Gasteiger partial charge in [-0.05, 0) is 46.5 Å². The Morgan fingerprint density at radius 1 is 1.26 bits per heavy atom. The van der Waals surface area contributed by atoms with Gasteiger partial charge in [0.15, 0.2) is 0 Å². The number of rotatable bonds is 1. The van der Waals surface area contributed by atoms with E-state index in [9.17, 15) is 14.4 Å². The van der Waals surface area contributed by atoms with E-state index in [1.807, 2.05) is 20.8 Å². The number of esters is 1. The summed E-state index contributed by atoms with van der Waals surface area (Å²) >= 11 is 0. The maximum absolute atomic E-state index is 12.0. The molecule has 1 spiro atoms. The van der Waals surface area contributed by atoms with Crippen molar-refractivity contribution in [3.63, 3.8) is 0 Å². The minimum atomic E-state index is -0.810. The van der Waals surface area contributed by atoms with Crippen LogP contribution < -0.4 is 10.6 Å². The Labute approximate surface area is 112 Å². The Morgan fingerprint density at radius 3 is 2.26 bits per heavy atom. The van der Waals surface area contributed by atoms with Crippen LogP contribution in [0.2, 0.25) is 0 Å². The van der Waals surface area contributed by atoms with Gasteiger partial charge in [-0.25, -0.2) is 4.79 Å². The van der Waals surface area contributed by atoms with Crippen LogP contribution in [0.5, 0.6) is 0 Å². The van der Waals surface area contributed by atoms with Crippen LogP contribution in [0.3, 0.4) is 0 Å². The van der Waals surface area contributed by atoms with E-state index in [4.69, 9.17) is 4.74 Å². The second-order valence-electron chi connectivity index (χ2n) is 6.30. The van der Waals surface area contributed by atoms with Gasteiger partial charge in [-0.15, -0.1) is 0 Å². The maximum atomic E-state index is 12.0. The Hall–Kier alpha value is -1.59. The summed E-state index contributed by atoms with van der Waals surface area (Å²) in [5.41, 5.74) is -1.30. The molecule has 0 aromatic heterocycles. The molecule has 6 nitrogen and oxygen atoms in total. The number of hydrogen-bond donors (Lipinski definition) is 2. The van der Waals surface area contributed by atoms with Gasteiger partial charge in [0.25, 0.3) is 5.91 Å². The Balaban J connectivity index is 1.94. The second-order valence-corrected chi connectivity index (χ2v) is 6.30. The SMILES string of the molecule is CC(C)(C)OC(=O)C1CCC2(CC1)NC(=O)NC2=O. The first-order chi connectivity index (χ1) is 8.72. The summed E-state index contributed by atoms with van der Waals surface area (Å²) in [5, 5.41) is 4.93. The molecule has 0 radical (unpaired) electrons. The molecule has 0 bridgehead atoms. The molecule has 1 aliphatic heterocycles. The van der Waals surface area contributed by atoms with Crippen molar-refractivity contribution in [2.24, 2.45) is 5.92 Å². The van der Waals surface area contributed by atoms with Gasteiger partial charge in [-0.2, -0.15) is 0 Å². The number of carbonyl (C=O) groups is 3. The summed E-state index contributed by atoms with van der Waals surface area (Å²) < 4.78 is 5.35. The van der Waals surface area contributed by atoms with Crippen LogP contribution in [0.15, 0.2) is 0 Å². The van der Waals surface area contributed by atoms with Gasteiger partial charge in [0.1, 0.15) is 11.1 Å². The van der Waals surface area contributed by atoms with Crippen molar-refractivity contribution in [2.45, 2.75) is 57.6 Å². The van der Waals surface area contributed by atoms with Crippen LogP contribution in [0.25, 0.3) is 0 Å². The third-order valence-electron chi connectivity index (χ3n) is 3.59. The third kappa shape index (κ3) is 2.88. The minimum Gasteiger partial charge on any atom is -0.460 e. The van der Waals surface area contributed by atoms with E-state index < -0.39 is 17.2 Å². The lowest BCUT2D eigenvalue weighted by atomic mass is 9.76. The highest BCUT2D eigenvalue weighted by atomic mass is 16.6. The Kier molecular flexibility index (Phi) is 3.28. The highest BCUT2D eigenvalue weighted by molar-refractivity contribution is 6.07. The van der Waals surface area contributed by atoms with Gasteiger partial charge in [0.2, 0.25) is 0 Å². The van der Waals surface area contributed by atoms with E-state index in [2.05, 4.69) is 10.6 Å². The summed E-state index contributed by atoms with van der Waals surface area (Å²) in [6, 6.07) is -0.444. The van der Waals surface area contributed by atoms with Crippen LogP contribution >= 0.6 is 0 Å². The monoisotopic (exact) mass is 268 g/mol. The first kappa shape index (κ1) is 13.8. The molecule has 0 aromatic rings. The molecule has 2 N–H and O–H groups in total. The standard InChI is InChI=1S/C13H20N2O4/c1-12(2,3)19-9(16)8-4-6-13(7-5-8)10(17)14-11(18)15-13/h8H,4-7H2,1-3H3,(H2,14,15,17,18). The van der Waals surface area contributed by atoms with Crippen molar-refractivity contribution in [3.8, 4) is 0 Å². The smallest absolute Gasteiger partial charge is 0.322 e. The molecule has 2 rings (SSSR count). The van der Waals surface area contributed by atoms with Gasteiger partial charge < -0.3 is 10.1 Å². The second kappa shape index (κ2) is 4.51. The number of urea groups is 1. The zero-order valence-electron chi connectivity index (χ0n) is 11.5. The van der Waals surface area contributed by atoms with Gasteiger partial charge in [0, 0.05) is 0 Å². The van der Waals surface area contributed by atoms with Gasteiger partial charge >= 0.3 is 12.0 Å². The zero-order valence-corrected chi connectivity index (χ0v) is 11.5. The molecule has 106 valence electrons. The summed E-state index contributed by atoms with van der Waals surface area (Å²) in [5.74, 6) is -0.678. The first-order valence-electron chi connectivity index (χ1n) is 6.58.